The summed E-state index contributed by atoms with van der Waals surface area (Å²) in [6.45, 7) is 6.44. The van der Waals surface area contributed by atoms with Crippen LogP contribution >= 0.6 is 11.3 Å². The minimum atomic E-state index is 0.608. The van der Waals surface area contributed by atoms with E-state index < -0.39 is 0 Å². The Morgan fingerprint density at radius 1 is 1.00 bits per heavy atom. The molecule has 0 N–H and O–H groups in total. The molecule has 0 atom stereocenters. The molecule has 0 unspecified atom stereocenters. The summed E-state index contributed by atoms with van der Waals surface area (Å²) in [6.07, 6.45) is 2.52. The van der Waals surface area contributed by atoms with Crippen molar-refractivity contribution in [3.8, 4) is 11.3 Å². The van der Waals surface area contributed by atoms with E-state index in [0.29, 0.717) is 6.04 Å². The zero-order valence-electron chi connectivity index (χ0n) is 14.4. The third kappa shape index (κ3) is 2.84. The zero-order chi connectivity index (χ0) is 16.7. The number of thiazole rings is 1. The standard InChI is InChI=1S/C21H22N2S/c1-14-7-9-17(10-8-14)20-13-24-21(23(20)18-11-12-18)22-19-6-4-5-15(2)16(19)3/h4-10,13,18H,11-12H2,1-3H3. The van der Waals surface area contributed by atoms with Crippen LogP contribution in [0.1, 0.15) is 35.6 Å². The molecule has 1 aliphatic rings. The van der Waals surface area contributed by atoms with Gasteiger partial charge in [0, 0.05) is 11.4 Å². The maximum atomic E-state index is 5.01. The summed E-state index contributed by atoms with van der Waals surface area (Å²) in [5.41, 5.74) is 7.53. The van der Waals surface area contributed by atoms with Gasteiger partial charge in [-0.3, -0.25) is 0 Å². The molecule has 0 amide bonds. The predicted molar refractivity (Wildman–Crippen MR) is 102 cm³/mol. The van der Waals surface area contributed by atoms with Gasteiger partial charge in [0.25, 0.3) is 0 Å². The van der Waals surface area contributed by atoms with Crippen molar-refractivity contribution in [2.75, 3.05) is 0 Å². The van der Waals surface area contributed by atoms with Crippen molar-refractivity contribution in [1.29, 1.82) is 0 Å². The lowest BCUT2D eigenvalue weighted by atomic mass is 10.1. The van der Waals surface area contributed by atoms with Crippen LogP contribution in [-0.4, -0.2) is 4.57 Å². The van der Waals surface area contributed by atoms with Crippen molar-refractivity contribution in [2.45, 2.75) is 39.7 Å². The average molecular weight is 334 g/mol. The van der Waals surface area contributed by atoms with Crippen LogP contribution < -0.4 is 4.80 Å². The Kier molecular flexibility index (Phi) is 3.89. The molecule has 122 valence electrons. The summed E-state index contributed by atoms with van der Waals surface area (Å²) < 4.78 is 2.44. The maximum absolute atomic E-state index is 5.01. The predicted octanol–water partition coefficient (Wildman–Crippen LogP) is 5.71. The van der Waals surface area contributed by atoms with Gasteiger partial charge in [-0.25, -0.2) is 4.99 Å². The molecule has 1 heterocycles. The second-order valence-electron chi connectivity index (χ2n) is 6.70. The van der Waals surface area contributed by atoms with E-state index in [9.17, 15) is 0 Å². The Hall–Kier alpha value is -2.13. The molecule has 1 saturated carbocycles. The van der Waals surface area contributed by atoms with Crippen molar-refractivity contribution in [1.82, 2.24) is 4.57 Å². The molecule has 0 aliphatic heterocycles. The van der Waals surface area contributed by atoms with Crippen LogP contribution in [0.3, 0.4) is 0 Å². The molecule has 2 aromatic carbocycles. The first-order valence-corrected chi connectivity index (χ1v) is 9.39. The van der Waals surface area contributed by atoms with Crippen molar-refractivity contribution < 1.29 is 0 Å². The van der Waals surface area contributed by atoms with Crippen molar-refractivity contribution >= 4 is 17.0 Å². The molecule has 0 radical (unpaired) electrons. The van der Waals surface area contributed by atoms with Gasteiger partial charge in [-0.1, -0.05) is 42.0 Å². The van der Waals surface area contributed by atoms with Crippen LogP contribution in [0, 0.1) is 20.8 Å². The summed E-state index contributed by atoms with van der Waals surface area (Å²) in [5, 5.41) is 2.26. The van der Waals surface area contributed by atoms with Gasteiger partial charge in [-0.2, -0.15) is 0 Å². The highest BCUT2D eigenvalue weighted by molar-refractivity contribution is 7.07. The lowest BCUT2D eigenvalue weighted by Gasteiger charge is -2.08. The number of nitrogens with zero attached hydrogens (tertiary/aromatic N) is 2. The van der Waals surface area contributed by atoms with Crippen LogP contribution in [0.2, 0.25) is 0 Å². The Balaban J connectivity index is 1.87. The summed E-state index contributed by atoms with van der Waals surface area (Å²) in [7, 11) is 0. The van der Waals surface area contributed by atoms with Crippen LogP contribution in [0.15, 0.2) is 52.8 Å². The molecular formula is C21H22N2S. The van der Waals surface area contributed by atoms with E-state index in [-0.39, 0.29) is 0 Å². The molecule has 1 aromatic heterocycles. The smallest absolute Gasteiger partial charge is 0.190 e. The van der Waals surface area contributed by atoms with Crippen LogP contribution in [-0.2, 0) is 0 Å². The molecule has 24 heavy (non-hydrogen) atoms. The number of hydrogen-bond acceptors (Lipinski definition) is 2. The highest BCUT2D eigenvalue weighted by atomic mass is 32.1. The quantitative estimate of drug-likeness (QED) is 0.584. The first-order chi connectivity index (χ1) is 11.6. The Bertz CT molecular complexity index is 941. The minimum Gasteiger partial charge on any atom is -0.313 e. The summed E-state index contributed by atoms with van der Waals surface area (Å²) in [5.74, 6) is 0. The number of aryl methyl sites for hydroxylation is 2. The van der Waals surface area contributed by atoms with Crippen molar-refractivity contribution in [3.63, 3.8) is 0 Å². The Labute approximate surface area is 147 Å². The van der Waals surface area contributed by atoms with E-state index in [4.69, 9.17) is 4.99 Å². The molecule has 0 saturated heterocycles. The van der Waals surface area contributed by atoms with Gasteiger partial charge in [-0.15, -0.1) is 11.3 Å². The van der Waals surface area contributed by atoms with Crippen molar-refractivity contribution in [3.05, 3.63) is 69.3 Å². The lowest BCUT2D eigenvalue weighted by molar-refractivity contribution is 0.724. The van der Waals surface area contributed by atoms with E-state index in [1.54, 1.807) is 11.3 Å². The van der Waals surface area contributed by atoms with E-state index in [0.717, 1.165) is 10.5 Å². The molecule has 2 nitrogen and oxygen atoms in total. The largest absolute Gasteiger partial charge is 0.313 e. The molecule has 1 aliphatic carbocycles. The van der Waals surface area contributed by atoms with Gasteiger partial charge in [0.05, 0.1) is 11.4 Å². The fourth-order valence-corrected chi connectivity index (χ4v) is 3.96. The highest BCUT2D eigenvalue weighted by Gasteiger charge is 2.27. The van der Waals surface area contributed by atoms with Crippen LogP contribution in [0.4, 0.5) is 5.69 Å². The molecule has 4 rings (SSSR count). The Morgan fingerprint density at radius 2 is 1.75 bits per heavy atom. The molecule has 3 heteroatoms. The maximum Gasteiger partial charge on any atom is 0.190 e. The zero-order valence-corrected chi connectivity index (χ0v) is 15.2. The molecular weight excluding hydrogens is 312 g/mol. The van der Waals surface area contributed by atoms with E-state index >= 15 is 0 Å². The third-order valence-corrected chi connectivity index (χ3v) is 5.63. The first kappa shape index (κ1) is 15.4. The topological polar surface area (TPSA) is 17.3 Å². The number of rotatable bonds is 3. The van der Waals surface area contributed by atoms with Gasteiger partial charge >= 0.3 is 0 Å². The van der Waals surface area contributed by atoms with Gasteiger partial charge in [0.2, 0.25) is 0 Å². The molecule has 3 aromatic rings. The summed E-state index contributed by atoms with van der Waals surface area (Å²) in [6, 6.07) is 15.8. The van der Waals surface area contributed by atoms with E-state index in [1.165, 1.54) is 40.8 Å². The van der Waals surface area contributed by atoms with Gasteiger partial charge < -0.3 is 4.57 Å². The van der Waals surface area contributed by atoms with E-state index in [1.807, 2.05) is 0 Å². The lowest BCUT2D eigenvalue weighted by Crippen LogP contribution is -2.14. The van der Waals surface area contributed by atoms with Gasteiger partial charge in [0.15, 0.2) is 4.80 Å². The minimum absolute atomic E-state index is 0.608. The van der Waals surface area contributed by atoms with E-state index in [2.05, 4.69) is 73.2 Å². The van der Waals surface area contributed by atoms with Crippen LogP contribution in [0.25, 0.3) is 11.3 Å². The molecule has 1 fully saturated rings. The first-order valence-electron chi connectivity index (χ1n) is 8.51. The fourth-order valence-electron chi connectivity index (χ4n) is 2.98. The number of benzene rings is 2. The average Bonchev–Trinajstić information content (AvgIpc) is 3.33. The SMILES string of the molecule is Cc1ccc(-c2csc(=Nc3cccc(C)c3C)n2C2CC2)cc1. The second-order valence-corrected chi connectivity index (χ2v) is 7.54. The monoisotopic (exact) mass is 334 g/mol. The van der Waals surface area contributed by atoms with Crippen LogP contribution in [0.5, 0.6) is 0 Å². The highest BCUT2D eigenvalue weighted by Crippen LogP contribution is 2.38. The molecule has 0 spiro atoms. The number of aromatic nitrogens is 1. The Morgan fingerprint density at radius 3 is 2.46 bits per heavy atom. The summed E-state index contributed by atoms with van der Waals surface area (Å²) in [4.78, 5) is 6.12. The molecule has 0 bridgehead atoms. The second kappa shape index (κ2) is 6.06. The normalized spacial score (nSPS) is 15.0. The van der Waals surface area contributed by atoms with Crippen molar-refractivity contribution in [2.24, 2.45) is 4.99 Å². The number of hydrogen-bond donors (Lipinski definition) is 0. The van der Waals surface area contributed by atoms with Gasteiger partial charge in [0.1, 0.15) is 0 Å². The summed E-state index contributed by atoms with van der Waals surface area (Å²) >= 11 is 1.75. The van der Waals surface area contributed by atoms with Gasteiger partial charge in [-0.05, 0) is 56.4 Å². The third-order valence-electron chi connectivity index (χ3n) is 4.79. The fraction of sp³-hybridized carbons (Fsp3) is 0.286.